The molecule has 0 aromatic carbocycles. The molecule has 3 atom stereocenters. The van der Waals surface area contributed by atoms with Crippen molar-refractivity contribution in [2.75, 3.05) is 0 Å². The van der Waals surface area contributed by atoms with Crippen LogP contribution in [-0.4, -0.2) is 46.1 Å². The van der Waals surface area contributed by atoms with Gasteiger partial charge in [-0.1, -0.05) is 0 Å². The molecule has 1 aliphatic heterocycles. The molecule has 18 heavy (non-hydrogen) atoms. The molecule has 0 aromatic heterocycles. The average molecular weight is 273 g/mol. The largest absolute Gasteiger partial charge is 0.480 e. The number of amides is 1. The maximum absolute atomic E-state index is 13.2. The zero-order valence-electron chi connectivity index (χ0n) is 8.75. The number of nitrogens with zero attached hydrogens (tertiary/aromatic N) is 1. The minimum atomic E-state index is -5.35. The first kappa shape index (κ1) is 13.0. The Hall–Kier alpha value is -1.41. The van der Waals surface area contributed by atoms with E-state index in [0.29, 0.717) is 0 Å². The summed E-state index contributed by atoms with van der Waals surface area (Å²) in [7, 11) is 0. The molecule has 102 valence electrons. The number of carboxylic acid groups (broad SMARTS) is 1. The lowest BCUT2D eigenvalue weighted by Crippen LogP contribution is -2.54. The van der Waals surface area contributed by atoms with E-state index in [1.807, 2.05) is 0 Å². The third kappa shape index (κ3) is 1.72. The van der Waals surface area contributed by atoms with Gasteiger partial charge in [0.25, 0.3) is 5.92 Å². The Labute approximate surface area is 97.4 Å². The Kier molecular flexibility index (Phi) is 2.57. The Morgan fingerprint density at radius 3 is 2.22 bits per heavy atom. The van der Waals surface area contributed by atoms with Gasteiger partial charge in [0.2, 0.25) is 0 Å². The first-order valence-corrected chi connectivity index (χ1v) is 5.08. The van der Waals surface area contributed by atoms with Crippen molar-refractivity contribution in [3.05, 3.63) is 0 Å². The molecule has 1 saturated carbocycles. The number of fused-ring (bicyclic) bond motifs is 1. The van der Waals surface area contributed by atoms with E-state index in [1.165, 1.54) is 0 Å². The van der Waals surface area contributed by atoms with Crippen molar-refractivity contribution in [2.24, 2.45) is 5.92 Å². The monoisotopic (exact) mass is 273 g/mol. The van der Waals surface area contributed by atoms with Crippen LogP contribution in [0.4, 0.5) is 22.0 Å². The van der Waals surface area contributed by atoms with Gasteiger partial charge >= 0.3 is 18.1 Å². The smallest absolute Gasteiger partial charge is 0.471 e. The molecule has 0 spiro atoms. The number of likely N-dealkylation sites (tertiary alicyclic amines) is 1. The van der Waals surface area contributed by atoms with Crippen LogP contribution in [0.25, 0.3) is 0 Å². The number of piperidine rings is 1. The fraction of sp³-hybridized carbons (Fsp3) is 0.778. The Balaban J connectivity index is 2.32. The maximum atomic E-state index is 13.2. The predicted octanol–water partition coefficient (Wildman–Crippen LogP) is 1.26. The lowest BCUT2D eigenvalue weighted by Gasteiger charge is -2.32. The van der Waals surface area contributed by atoms with Crippen LogP contribution in [0.5, 0.6) is 0 Å². The van der Waals surface area contributed by atoms with Crippen LogP contribution in [0, 0.1) is 5.92 Å². The highest BCUT2D eigenvalue weighted by atomic mass is 19.4. The lowest BCUT2D eigenvalue weighted by molar-refractivity contribution is -0.193. The predicted molar refractivity (Wildman–Crippen MR) is 45.8 cm³/mol. The number of carboxylic acids is 1. The van der Waals surface area contributed by atoms with Crippen LogP contribution in [0.1, 0.15) is 12.8 Å². The summed E-state index contributed by atoms with van der Waals surface area (Å²) in [6, 6.07) is -3.78. The summed E-state index contributed by atoms with van der Waals surface area (Å²) in [5.74, 6) is -9.00. The molecule has 0 aromatic rings. The number of hydrogen-bond donors (Lipinski definition) is 1. The summed E-state index contributed by atoms with van der Waals surface area (Å²) in [5, 5.41) is 8.72. The molecular weight excluding hydrogens is 265 g/mol. The van der Waals surface area contributed by atoms with Gasteiger partial charge < -0.3 is 10.0 Å². The van der Waals surface area contributed by atoms with Gasteiger partial charge in [-0.05, 0) is 12.8 Å². The van der Waals surface area contributed by atoms with Crippen molar-refractivity contribution in [3.8, 4) is 0 Å². The molecular formula is C9H8F5NO3. The zero-order chi connectivity index (χ0) is 13.9. The van der Waals surface area contributed by atoms with Gasteiger partial charge in [0.15, 0.2) is 0 Å². The molecule has 1 N–H and O–H groups in total. The van der Waals surface area contributed by atoms with Gasteiger partial charge in [-0.25, -0.2) is 13.6 Å². The van der Waals surface area contributed by atoms with Gasteiger partial charge in [0, 0.05) is 0 Å². The number of aliphatic carboxylic acids is 1. The van der Waals surface area contributed by atoms with Crippen molar-refractivity contribution < 1.29 is 36.6 Å². The Morgan fingerprint density at radius 2 is 1.78 bits per heavy atom. The summed E-state index contributed by atoms with van der Waals surface area (Å²) in [4.78, 5) is 21.6. The van der Waals surface area contributed by atoms with Gasteiger partial charge in [0.05, 0.1) is 5.92 Å². The fourth-order valence-corrected chi connectivity index (χ4v) is 2.43. The highest BCUT2D eigenvalue weighted by molar-refractivity contribution is 5.88. The molecule has 1 heterocycles. The Bertz CT molecular complexity index is 407. The van der Waals surface area contributed by atoms with Gasteiger partial charge in [-0.2, -0.15) is 13.2 Å². The summed E-state index contributed by atoms with van der Waals surface area (Å²) in [6.07, 6.45) is -5.95. The van der Waals surface area contributed by atoms with E-state index in [4.69, 9.17) is 5.11 Å². The van der Waals surface area contributed by atoms with Gasteiger partial charge in [-0.15, -0.1) is 0 Å². The van der Waals surface area contributed by atoms with Crippen LogP contribution >= 0.6 is 0 Å². The highest BCUT2D eigenvalue weighted by Gasteiger charge is 2.75. The second kappa shape index (κ2) is 3.55. The fourth-order valence-electron chi connectivity index (χ4n) is 2.43. The van der Waals surface area contributed by atoms with E-state index in [1.54, 1.807) is 0 Å². The molecule has 2 rings (SSSR count). The van der Waals surface area contributed by atoms with E-state index in [2.05, 4.69) is 0 Å². The average Bonchev–Trinajstić information content (AvgIpc) is 2.78. The number of carbonyl (C=O) groups is 2. The van der Waals surface area contributed by atoms with Crippen LogP contribution in [0.15, 0.2) is 0 Å². The lowest BCUT2D eigenvalue weighted by atomic mass is 10.0. The number of carbonyl (C=O) groups excluding carboxylic acids is 1. The SMILES string of the molecule is O=C(O)[C@H]1CC[C@@H]2[C@H](N1C(=O)C(F)(F)F)C2(F)F. The van der Waals surface area contributed by atoms with E-state index in [0.717, 1.165) is 0 Å². The molecule has 1 aliphatic carbocycles. The van der Waals surface area contributed by atoms with Crippen molar-refractivity contribution in [1.29, 1.82) is 0 Å². The van der Waals surface area contributed by atoms with Gasteiger partial charge in [-0.3, -0.25) is 4.79 Å². The van der Waals surface area contributed by atoms with E-state index < -0.39 is 48.4 Å². The first-order valence-electron chi connectivity index (χ1n) is 5.08. The number of hydrogen-bond acceptors (Lipinski definition) is 2. The van der Waals surface area contributed by atoms with E-state index in [-0.39, 0.29) is 11.3 Å². The number of alkyl halides is 5. The third-order valence-corrected chi connectivity index (χ3v) is 3.31. The van der Waals surface area contributed by atoms with Crippen molar-refractivity contribution in [3.63, 3.8) is 0 Å². The van der Waals surface area contributed by atoms with Gasteiger partial charge in [0.1, 0.15) is 12.1 Å². The molecule has 0 bridgehead atoms. The second-order valence-electron chi connectivity index (χ2n) is 4.37. The molecule has 0 radical (unpaired) electrons. The second-order valence-corrected chi connectivity index (χ2v) is 4.37. The standard InChI is InChI=1S/C9H8F5NO3/c10-8(11)3-1-2-4(6(16)17)15(5(3)8)7(18)9(12,13)14/h3-5H,1-2H2,(H,16,17)/t3-,4-,5+/m1/s1. The first-order chi connectivity index (χ1) is 8.08. The Morgan fingerprint density at radius 1 is 1.22 bits per heavy atom. The van der Waals surface area contributed by atoms with Crippen LogP contribution in [0.2, 0.25) is 0 Å². The summed E-state index contributed by atoms with van der Waals surface area (Å²) >= 11 is 0. The van der Waals surface area contributed by atoms with Crippen LogP contribution in [0.3, 0.4) is 0 Å². The van der Waals surface area contributed by atoms with E-state index >= 15 is 0 Å². The summed E-state index contributed by atoms with van der Waals surface area (Å²) < 4.78 is 63.2. The normalized spacial score (nSPS) is 33.8. The van der Waals surface area contributed by atoms with Crippen molar-refractivity contribution in [2.45, 2.75) is 37.0 Å². The minimum absolute atomic E-state index is 0.198. The molecule has 0 unspecified atom stereocenters. The topological polar surface area (TPSA) is 57.6 Å². The summed E-state index contributed by atoms with van der Waals surface area (Å²) in [5.41, 5.74) is 0. The van der Waals surface area contributed by atoms with Crippen molar-refractivity contribution in [1.82, 2.24) is 4.90 Å². The third-order valence-electron chi connectivity index (χ3n) is 3.31. The number of rotatable bonds is 1. The molecule has 9 heteroatoms. The van der Waals surface area contributed by atoms with Crippen LogP contribution in [-0.2, 0) is 9.59 Å². The molecule has 2 fully saturated rings. The molecule has 2 aliphatic rings. The minimum Gasteiger partial charge on any atom is -0.480 e. The van der Waals surface area contributed by atoms with E-state index in [9.17, 15) is 31.5 Å². The van der Waals surface area contributed by atoms with Crippen LogP contribution < -0.4 is 0 Å². The highest BCUT2D eigenvalue weighted by Crippen LogP contribution is 2.58. The maximum Gasteiger partial charge on any atom is 0.471 e. The molecule has 4 nitrogen and oxygen atoms in total. The molecule has 1 saturated heterocycles. The zero-order valence-corrected chi connectivity index (χ0v) is 8.75. The quantitative estimate of drug-likeness (QED) is 0.732. The number of halogens is 5. The van der Waals surface area contributed by atoms with Crippen molar-refractivity contribution >= 4 is 11.9 Å². The summed E-state index contributed by atoms with van der Waals surface area (Å²) in [6.45, 7) is 0. The molecule has 1 amide bonds.